The lowest BCUT2D eigenvalue weighted by Gasteiger charge is -2.30. The number of rotatable bonds is 5. The van der Waals surface area contributed by atoms with Crippen molar-refractivity contribution in [3.8, 4) is 11.1 Å². The number of nitrogens with zero attached hydrogens (tertiary/aromatic N) is 2. The Labute approximate surface area is 289 Å². The molecule has 1 heterocycles. The van der Waals surface area contributed by atoms with Crippen molar-refractivity contribution in [1.82, 2.24) is 4.68 Å². The van der Waals surface area contributed by atoms with Gasteiger partial charge in [0.2, 0.25) is 0 Å². The molecule has 0 bridgehead atoms. The molecule has 3 nitrogen and oxygen atoms in total. The predicted octanol–water partition coefficient (Wildman–Crippen LogP) is 11.4. The van der Waals surface area contributed by atoms with Gasteiger partial charge in [-0.3, -0.25) is 0 Å². The number of nitrogen functional groups attached to an aromatic ring is 1. The minimum Gasteiger partial charge on any atom is -0.398 e. The molecule has 5 aromatic rings. The molecule has 3 aliphatic carbocycles. The highest BCUT2D eigenvalue weighted by molar-refractivity contribution is 7.80. The minimum absolute atomic E-state index is 0.0333. The van der Waals surface area contributed by atoms with E-state index in [4.69, 9.17) is 23.5 Å². The fourth-order valence-electron chi connectivity index (χ4n) is 7.93. The molecule has 0 amide bonds. The fraction of sp³-hybridized carbons (Fsp3) is 0.205. The lowest BCUT2D eigenvalue weighted by Crippen LogP contribution is -2.29. The molecule has 0 spiro atoms. The summed E-state index contributed by atoms with van der Waals surface area (Å²) in [6.07, 6.45) is 25.1. The quantitative estimate of drug-likeness (QED) is 0.112. The molecule has 3 unspecified atom stereocenters. The van der Waals surface area contributed by atoms with E-state index in [9.17, 15) is 0 Å². The van der Waals surface area contributed by atoms with E-state index in [1.807, 2.05) is 12.1 Å². The second-order valence-electron chi connectivity index (χ2n) is 14.1. The summed E-state index contributed by atoms with van der Waals surface area (Å²) in [5.74, 6) is 0.304. The van der Waals surface area contributed by atoms with Gasteiger partial charge in [-0.05, 0) is 59.4 Å². The first-order chi connectivity index (χ1) is 23.3. The molecular weight excluding hydrogens is 603 g/mol. The van der Waals surface area contributed by atoms with Gasteiger partial charge in [-0.1, -0.05) is 136 Å². The van der Waals surface area contributed by atoms with Crippen LogP contribution in [0, 0.1) is 5.41 Å². The molecule has 3 aliphatic rings. The Kier molecular flexibility index (Phi) is 7.45. The maximum Gasteiger partial charge on any atom is 0.0806 e. The third-order valence-electron chi connectivity index (χ3n) is 10.7. The summed E-state index contributed by atoms with van der Waals surface area (Å²) >= 11 is 5.05. The van der Waals surface area contributed by atoms with Gasteiger partial charge in [0.25, 0.3) is 0 Å². The van der Waals surface area contributed by atoms with Crippen LogP contribution in [0.1, 0.15) is 68.3 Å². The van der Waals surface area contributed by atoms with E-state index >= 15 is 0 Å². The van der Waals surface area contributed by atoms with Gasteiger partial charge in [0.15, 0.2) is 0 Å². The molecule has 0 saturated heterocycles. The Morgan fingerprint density at radius 1 is 0.854 bits per heavy atom. The van der Waals surface area contributed by atoms with Gasteiger partial charge >= 0.3 is 0 Å². The Hall–Kier alpha value is -4.80. The number of benzene rings is 4. The summed E-state index contributed by atoms with van der Waals surface area (Å²) in [6, 6.07) is 26.1. The topological polar surface area (TPSA) is 43.3 Å². The van der Waals surface area contributed by atoms with E-state index in [1.165, 1.54) is 44.1 Å². The van der Waals surface area contributed by atoms with Gasteiger partial charge in [0.1, 0.15) is 0 Å². The summed E-state index contributed by atoms with van der Waals surface area (Å²) in [4.78, 5) is 0.977. The number of para-hydroxylation sites is 1. The molecule has 3 atom stereocenters. The van der Waals surface area contributed by atoms with Gasteiger partial charge in [-0.2, -0.15) is 5.10 Å². The number of hydrogen-bond donors (Lipinski definition) is 2. The van der Waals surface area contributed by atoms with Crippen LogP contribution in [0.5, 0.6) is 0 Å². The standard InChI is InChI=1S/C44H41N3S/c1-29-14-12-18-35-40-33-21-23-38(48)39(30-15-13-16-31(28-30)43(2)24-8-4-9-25-43)32(33)20-22-37(40)47(41(29)35)46-42(34-17-6-7-19-36(34)45)44(3)26-10-5-11-27-44/h4-13,15-24,26,28-29,48H,14,25,27,45H2,1-3H3. The van der Waals surface area contributed by atoms with E-state index in [0.29, 0.717) is 5.92 Å². The van der Waals surface area contributed by atoms with Crippen LogP contribution in [0.15, 0.2) is 137 Å². The number of allylic oxidation sites excluding steroid dienone is 9. The van der Waals surface area contributed by atoms with Crippen LogP contribution in [-0.2, 0) is 5.41 Å². The van der Waals surface area contributed by atoms with Crippen LogP contribution in [0.4, 0.5) is 5.69 Å². The molecule has 8 rings (SSSR count). The lowest BCUT2D eigenvalue weighted by molar-refractivity contribution is 0.590. The Morgan fingerprint density at radius 2 is 1.65 bits per heavy atom. The van der Waals surface area contributed by atoms with E-state index in [1.54, 1.807) is 0 Å². The van der Waals surface area contributed by atoms with Crippen LogP contribution in [0.25, 0.3) is 38.9 Å². The largest absolute Gasteiger partial charge is 0.398 e. The van der Waals surface area contributed by atoms with Crippen molar-refractivity contribution in [2.45, 2.75) is 56.3 Å². The molecule has 0 aliphatic heterocycles. The molecule has 0 radical (unpaired) electrons. The molecule has 2 N–H and O–H groups in total. The highest BCUT2D eigenvalue weighted by Gasteiger charge is 2.33. The zero-order chi connectivity index (χ0) is 33.0. The Balaban J connectivity index is 1.39. The second-order valence-corrected chi connectivity index (χ2v) is 14.6. The van der Waals surface area contributed by atoms with Crippen molar-refractivity contribution in [1.29, 1.82) is 0 Å². The molecule has 1 aromatic heterocycles. The normalized spacial score (nSPS) is 23.3. The maximum absolute atomic E-state index is 6.66. The average Bonchev–Trinajstić information content (AvgIpc) is 3.43. The Morgan fingerprint density at radius 3 is 2.42 bits per heavy atom. The van der Waals surface area contributed by atoms with Gasteiger partial charge in [-0.25, -0.2) is 4.68 Å². The van der Waals surface area contributed by atoms with Crippen LogP contribution in [0.3, 0.4) is 0 Å². The minimum atomic E-state index is -0.308. The first-order valence-corrected chi connectivity index (χ1v) is 17.5. The summed E-state index contributed by atoms with van der Waals surface area (Å²) in [6.45, 7) is 6.90. The number of nitrogens with two attached hydrogens (primary N) is 1. The highest BCUT2D eigenvalue weighted by Crippen LogP contribution is 2.45. The first-order valence-electron chi connectivity index (χ1n) is 17.0. The molecular formula is C44H41N3S. The SMILES string of the molecule is CC1CC=Cc2c1n(N=C(c1ccccc1N)C1(C)C=CC=CC1)c1ccc3c(-c4cccc(C5(C)C=CC=CC5)c4)c(S)ccc3c21. The van der Waals surface area contributed by atoms with Crippen LogP contribution >= 0.6 is 12.6 Å². The van der Waals surface area contributed by atoms with Crippen molar-refractivity contribution < 1.29 is 0 Å². The van der Waals surface area contributed by atoms with Crippen LogP contribution < -0.4 is 5.73 Å². The predicted molar refractivity (Wildman–Crippen MR) is 208 cm³/mol. The molecule has 48 heavy (non-hydrogen) atoms. The Bertz CT molecular complexity index is 2290. The third kappa shape index (κ3) is 4.93. The van der Waals surface area contributed by atoms with Gasteiger partial charge in [0, 0.05) is 49.4 Å². The highest BCUT2D eigenvalue weighted by atomic mass is 32.1. The number of aromatic nitrogens is 1. The molecule has 4 heteroatoms. The van der Waals surface area contributed by atoms with E-state index in [2.05, 4.69) is 147 Å². The lowest BCUT2D eigenvalue weighted by atomic mass is 9.76. The van der Waals surface area contributed by atoms with E-state index in [-0.39, 0.29) is 10.8 Å². The summed E-state index contributed by atoms with van der Waals surface area (Å²) in [7, 11) is 0. The van der Waals surface area contributed by atoms with Gasteiger partial charge in [0.05, 0.1) is 16.9 Å². The first kappa shape index (κ1) is 30.5. The molecule has 238 valence electrons. The number of thiol groups is 1. The van der Waals surface area contributed by atoms with Crippen LogP contribution in [-0.4, -0.2) is 10.4 Å². The van der Waals surface area contributed by atoms with Crippen molar-refractivity contribution >= 4 is 51.8 Å². The average molecular weight is 644 g/mol. The molecule has 0 saturated carbocycles. The molecule has 4 aromatic carbocycles. The number of fused-ring (bicyclic) bond motifs is 5. The van der Waals surface area contributed by atoms with Crippen molar-refractivity contribution in [3.05, 3.63) is 150 Å². The van der Waals surface area contributed by atoms with Crippen molar-refractivity contribution in [3.63, 3.8) is 0 Å². The van der Waals surface area contributed by atoms with Crippen molar-refractivity contribution in [2.75, 3.05) is 5.73 Å². The summed E-state index contributed by atoms with van der Waals surface area (Å²) < 4.78 is 2.23. The monoisotopic (exact) mass is 643 g/mol. The van der Waals surface area contributed by atoms with Gasteiger partial charge < -0.3 is 5.73 Å². The number of hydrogen-bond acceptors (Lipinski definition) is 3. The van der Waals surface area contributed by atoms with E-state index < -0.39 is 0 Å². The fourth-order valence-corrected chi connectivity index (χ4v) is 8.26. The zero-order valence-corrected chi connectivity index (χ0v) is 28.7. The maximum atomic E-state index is 6.66. The summed E-state index contributed by atoms with van der Waals surface area (Å²) in [5.41, 5.74) is 16.3. The second kappa shape index (κ2) is 11.7. The zero-order valence-electron chi connectivity index (χ0n) is 27.8. The number of anilines is 1. The van der Waals surface area contributed by atoms with E-state index in [0.717, 1.165) is 46.6 Å². The molecule has 0 fully saturated rings. The van der Waals surface area contributed by atoms with Crippen LogP contribution in [0.2, 0.25) is 0 Å². The van der Waals surface area contributed by atoms with Gasteiger partial charge in [-0.15, -0.1) is 12.6 Å². The van der Waals surface area contributed by atoms with Crippen molar-refractivity contribution in [2.24, 2.45) is 10.5 Å². The third-order valence-corrected chi connectivity index (χ3v) is 11.0. The smallest absolute Gasteiger partial charge is 0.0806 e. The summed E-state index contributed by atoms with van der Waals surface area (Å²) in [5, 5.41) is 9.27.